The number of halogens is 1. The van der Waals surface area contributed by atoms with Crippen LogP contribution in [0.1, 0.15) is 29.5 Å². The van der Waals surface area contributed by atoms with E-state index >= 15 is 0 Å². The Morgan fingerprint density at radius 3 is 2.82 bits per heavy atom. The molecule has 2 aromatic rings. The second-order valence-electron chi connectivity index (χ2n) is 4.53. The Kier molecular flexibility index (Phi) is 5.16. The molecule has 0 bridgehead atoms. The van der Waals surface area contributed by atoms with Gasteiger partial charge < -0.3 is 10.4 Å². The van der Waals surface area contributed by atoms with Gasteiger partial charge in [0.25, 0.3) is 0 Å². The third-order valence-corrected chi connectivity index (χ3v) is 3.45. The molecule has 22 heavy (non-hydrogen) atoms. The summed E-state index contributed by atoms with van der Waals surface area (Å²) < 4.78 is 2.99. The minimum Gasteiger partial charge on any atom is -0.477 e. The smallest absolute Gasteiger partial charge is 0.354 e. The summed E-state index contributed by atoms with van der Waals surface area (Å²) in [5.74, 6) is -1.29. The first kappa shape index (κ1) is 16.0. The van der Waals surface area contributed by atoms with Crippen molar-refractivity contribution < 1.29 is 14.7 Å². The molecule has 1 amide bonds. The third-order valence-electron chi connectivity index (χ3n) is 3.14. The van der Waals surface area contributed by atoms with Crippen molar-refractivity contribution in [3.63, 3.8) is 0 Å². The van der Waals surface area contributed by atoms with Crippen molar-refractivity contribution >= 4 is 23.5 Å². The van der Waals surface area contributed by atoms with Crippen molar-refractivity contribution in [2.45, 2.75) is 33.0 Å². The number of nitrogens with zero attached hydrogens (tertiary/aromatic N) is 4. The lowest BCUT2D eigenvalue weighted by Crippen LogP contribution is -2.26. The SMILES string of the molecule is CCn1ncc(Cl)c1CNC(=O)CCn1nccc1C(=O)O. The summed E-state index contributed by atoms with van der Waals surface area (Å²) in [7, 11) is 0. The van der Waals surface area contributed by atoms with Crippen molar-refractivity contribution in [2.75, 3.05) is 0 Å². The van der Waals surface area contributed by atoms with Crippen molar-refractivity contribution in [3.05, 3.63) is 34.9 Å². The molecule has 0 aliphatic heterocycles. The van der Waals surface area contributed by atoms with E-state index in [-0.39, 0.29) is 31.1 Å². The number of aromatic nitrogens is 4. The van der Waals surface area contributed by atoms with Crippen LogP contribution in [0.4, 0.5) is 0 Å². The monoisotopic (exact) mass is 325 g/mol. The summed E-state index contributed by atoms with van der Waals surface area (Å²) in [5, 5.41) is 20.2. The van der Waals surface area contributed by atoms with E-state index in [4.69, 9.17) is 16.7 Å². The molecule has 2 heterocycles. The molecule has 2 rings (SSSR count). The van der Waals surface area contributed by atoms with Gasteiger partial charge in [-0.1, -0.05) is 11.6 Å². The highest BCUT2D eigenvalue weighted by atomic mass is 35.5. The molecule has 2 aromatic heterocycles. The Balaban J connectivity index is 1.87. The lowest BCUT2D eigenvalue weighted by molar-refractivity contribution is -0.121. The number of carboxylic acid groups (broad SMARTS) is 1. The highest BCUT2D eigenvalue weighted by Crippen LogP contribution is 2.14. The fraction of sp³-hybridized carbons (Fsp3) is 0.385. The number of hydrogen-bond acceptors (Lipinski definition) is 4. The average Bonchev–Trinajstić information content (AvgIpc) is 3.09. The van der Waals surface area contributed by atoms with E-state index < -0.39 is 5.97 Å². The summed E-state index contributed by atoms with van der Waals surface area (Å²) >= 11 is 6.01. The van der Waals surface area contributed by atoms with Crippen LogP contribution in [0.3, 0.4) is 0 Å². The Morgan fingerprint density at radius 1 is 1.36 bits per heavy atom. The summed E-state index contributed by atoms with van der Waals surface area (Å²) in [6, 6.07) is 1.39. The van der Waals surface area contributed by atoms with Gasteiger partial charge in [-0.3, -0.25) is 14.2 Å². The zero-order chi connectivity index (χ0) is 16.1. The molecule has 0 saturated heterocycles. The predicted molar refractivity (Wildman–Crippen MR) is 78.6 cm³/mol. The summed E-state index contributed by atoms with van der Waals surface area (Å²) in [5.41, 5.74) is 0.794. The Bertz CT molecular complexity index is 679. The van der Waals surface area contributed by atoms with E-state index in [1.54, 1.807) is 4.68 Å². The van der Waals surface area contributed by atoms with Gasteiger partial charge in [-0.15, -0.1) is 0 Å². The topological polar surface area (TPSA) is 102 Å². The summed E-state index contributed by atoms with van der Waals surface area (Å²) in [4.78, 5) is 22.8. The first-order valence-corrected chi connectivity index (χ1v) is 7.12. The van der Waals surface area contributed by atoms with Crippen molar-refractivity contribution in [3.8, 4) is 0 Å². The second kappa shape index (κ2) is 7.08. The van der Waals surface area contributed by atoms with Crippen molar-refractivity contribution in [2.24, 2.45) is 0 Å². The zero-order valence-corrected chi connectivity index (χ0v) is 12.7. The summed E-state index contributed by atoms with van der Waals surface area (Å²) in [6.45, 7) is 3.06. The van der Waals surface area contributed by atoms with E-state index in [1.165, 1.54) is 23.1 Å². The number of hydrogen-bond donors (Lipinski definition) is 2. The normalized spacial score (nSPS) is 10.6. The lowest BCUT2D eigenvalue weighted by Gasteiger charge is -2.08. The standard InChI is InChI=1S/C13H16ClN5O3/c1-2-18-11(9(14)7-17-18)8-15-12(20)4-6-19-10(13(21)22)3-5-16-19/h3,5,7H,2,4,6,8H2,1H3,(H,15,20)(H,21,22). The molecule has 0 atom stereocenters. The molecule has 0 aliphatic carbocycles. The Labute approximate surface area is 131 Å². The molecule has 0 spiro atoms. The van der Waals surface area contributed by atoms with Crippen molar-refractivity contribution in [1.29, 1.82) is 0 Å². The van der Waals surface area contributed by atoms with Crippen LogP contribution in [0, 0.1) is 0 Å². The molecular formula is C13H16ClN5O3. The molecule has 9 heteroatoms. The van der Waals surface area contributed by atoms with E-state index in [0.717, 1.165) is 5.69 Å². The van der Waals surface area contributed by atoms with Crippen LogP contribution >= 0.6 is 11.6 Å². The first-order valence-electron chi connectivity index (χ1n) is 6.75. The van der Waals surface area contributed by atoms with Gasteiger partial charge in [0.05, 0.1) is 30.0 Å². The van der Waals surface area contributed by atoms with Crippen LogP contribution in [-0.2, 0) is 24.4 Å². The molecule has 0 unspecified atom stereocenters. The highest BCUT2D eigenvalue weighted by molar-refractivity contribution is 6.31. The number of amides is 1. The van der Waals surface area contributed by atoms with E-state index in [9.17, 15) is 9.59 Å². The van der Waals surface area contributed by atoms with Gasteiger partial charge in [0, 0.05) is 19.2 Å². The fourth-order valence-electron chi connectivity index (χ4n) is 2.01. The van der Waals surface area contributed by atoms with Gasteiger partial charge in [0.1, 0.15) is 5.69 Å². The number of rotatable bonds is 7. The minimum atomic E-state index is -1.07. The number of carboxylic acids is 1. The average molecular weight is 326 g/mol. The maximum absolute atomic E-state index is 11.9. The van der Waals surface area contributed by atoms with E-state index in [2.05, 4.69) is 15.5 Å². The van der Waals surface area contributed by atoms with E-state index in [1.807, 2.05) is 6.92 Å². The van der Waals surface area contributed by atoms with Crippen LogP contribution in [0.25, 0.3) is 0 Å². The first-order chi connectivity index (χ1) is 10.5. The van der Waals surface area contributed by atoms with Gasteiger partial charge in [-0.05, 0) is 13.0 Å². The lowest BCUT2D eigenvalue weighted by atomic mass is 10.3. The van der Waals surface area contributed by atoms with Gasteiger partial charge in [0.2, 0.25) is 5.91 Å². The molecule has 0 aliphatic rings. The third kappa shape index (κ3) is 3.64. The van der Waals surface area contributed by atoms with Crippen LogP contribution < -0.4 is 5.32 Å². The zero-order valence-electron chi connectivity index (χ0n) is 12.0. The minimum absolute atomic E-state index is 0.0555. The Morgan fingerprint density at radius 2 is 2.14 bits per heavy atom. The van der Waals surface area contributed by atoms with Crippen LogP contribution in [0.15, 0.2) is 18.5 Å². The maximum Gasteiger partial charge on any atom is 0.354 e. The fourth-order valence-corrected chi connectivity index (χ4v) is 2.21. The molecular weight excluding hydrogens is 310 g/mol. The van der Waals surface area contributed by atoms with Crippen molar-refractivity contribution in [1.82, 2.24) is 24.9 Å². The quantitative estimate of drug-likeness (QED) is 0.795. The van der Waals surface area contributed by atoms with Gasteiger partial charge in [0.15, 0.2) is 0 Å². The Hall–Kier alpha value is -2.35. The predicted octanol–water partition coefficient (Wildman–Crippen LogP) is 1.16. The number of aryl methyl sites for hydroxylation is 2. The molecule has 2 N–H and O–H groups in total. The molecule has 0 saturated carbocycles. The number of nitrogens with one attached hydrogen (secondary N) is 1. The highest BCUT2D eigenvalue weighted by Gasteiger charge is 2.12. The van der Waals surface area contributed by atoms with Gasteiger partial charge in [-0.2, -0.15) is 10.2 Å². The van der Waals surface area contributed by atoms with Gasteiger partial charge in [-0.25, -0.2) is 4.79 Å². The number of aromatic carboxylic acids is 1. The largest absolute Gasteiger partial charge is 0.477 e. The maximum atomic E-state index is 11.9. The molecule has 0 fully saturated rings. The number of carbonyl (C=O) groups excluding carboxylic acids is 1. The second-order valence-corrected chi connectivity index (χ2v) is 4.93. The molecule has 0 radical (unpaired) electrons. The van der Waals surface area contributed by atoms with Crippen LogP contribution in [-0.4, -0.2) is 36.5 Å². The van der Waals surface area contributed by atoms with Gasteiger partial charge >= 0.3 is 5.97 Å². The van der Waals surface area contributed by atoms with E-state index in [0.29, 0.717) is 11.6 Å². The molecule has 8 nitrogen and oxygen atoms in total. The molecule has 118 valence electrons. The van der Waals surface area contributed by atoms with Crippen LogP contribution in [0.5, 0.6) is 0 Å². The number of carbonyl (C=O) groups is 2. The summed E-state index contributed by atoms with van der Waals surface area (Å²) in [6.07, 6.45) is 3.05. The molecule has 0 aromatic carbocycles. The van der Waals surface area contributed by atoms with Crippen LogP contribution in [0.2, 0.25) is 5.02 Å².